The number of likely N-dealkylation sites (tertiary alicyclic amines) is 1. The van der Waals surface area contributed by atoms with E-state index in [0.717, 1.165) is 0 Å². The molecule has 0 radical (unpaired) electrons. The third-order valence-electron chi connectivity index (χ3n) is 10.6. The molecule has 0 saturated carbocycles. The lowest BCUT2D eigenvalue weighted by Gasteiger charge is -2.26. The van der Waals surface area contributed by atoms with Crippen molar-refractivity contribution in [3.05, 3.63) is 0 Å². The van der Waals surface area contributed by atoms with Gasteiger partial charge in [0.2, 0.25) is 59.1 Å². The van der Waals surface area contributed by atoms with Crippen LogP contribution in [-0.2, 0) is 52.7 Å². The molecule has 66 heavy (non-hydrogen) atoms. The monoisotopic (exact) mass is 940 g/mol. The number of nitrogens with two attached hydrogens (primary N) is 2. The number of carbonyl (C=O) groups excluding carboxylic acids is 10. The van der Waals surface area contributed by atoms with E-state index in [9.17, 15) is 68.1 Å². The Labute approximate surface area is 382 Å². The SMILES string of the molecule is CC(C)C[C@H](NC(=O)CNC(=O)[C@H](CCO)NC(=O)[C@H](CCC(N)=O)NC(=O)CNC(=O)[C@@H]1C[C@@H](O)CN1)C(=O)N[C@@H](C)C(=O)NCC(=O)N1CCC[C@H]1C(=O)N[C@@H](CCCCN)C(=O)O. The normalized spacial score (nSPS) is 19.0. The number of aliphatic hydroxyl groups excluding tert-OH is 2. The molecule has 2 saturated heterocycles. The summed E-state index contributed by atoms with van der Waals surface area (Å²) in [5.41, 5.74) is 10.7. The molecule has 2 fully saturated rings. The molecule has 0 unspecified atom stereocenters. The first-order valence-electron chi connectivity index (χ1n) is 22.0. The highest BCUT2D eigenvalue weighted by Crippen LogP contribution is 2.18. The number of β-amino-alcohol motifs (C(OH)–C–C–N with tert-alkyl or cyclic N) is 1. The number of hydrogen-bond acceptors (Lipinski definition) is 15. The Morgan fingerprint density at radius 2 is 1.33 bits per heavy atom. The molecule has 26 nitrogen and oxygen atoms in total. The molecule has 0 spiro atoms. The summed E-state index contributed by atoms with van der Waals surface area (Å²) in [6, 6.07) is -8.10. The molecule has 2 rings (SSSR count). The zero-order valence-electron chi connectivity index (χ0n) is 37.7. The average molecular weight is 941 g/mol. The van der Waals surface area contributed by atoms with E-state index in [1.165, 1.54) is 11.8 Å². The number of carbonyl (C=O) groups is 11. The Morgan fingerprint density at radius 3 is 1.92 bits per heavy atom. The summed E-state index contributed by atoms with van der Waals surface area (Å²) in [4.78, 5) is 141. The molecule has 0 aliphatic carbocycles. The first-order valence-corrected chi connectivity index (χ1v) is 22.0. The predicted octanol–water partition coefficient (Wildman–Crippen LogP) is -6.60. The van der Waals surface area contributed by atoms with E-state index in [1.807, 2.05) is 0 Å². The van der Waals surface area contributed by atoms with E-state index in [-0.39, 0.29) is 64.0 Å². The highest BCUT2D eigenvalue weighted by Gasteiger charge is 2.36. The zero-order chi connectivity index (χ0) is 49.5. The summed E-state index contributed by atoms with van der Waals surface area (Å²) in [6.45, 7) is 3.24. The van der Waals surface area contributed by atoms with Crippen molar-refractivity contribution in [2.24, 2.45) is 17.4 Å². The van der Waals surface area contributed by atoms with E-state index in [2.05, 4.69) is 47.9 Å². The van der Waals surface area contributed by atoms with Gasteiger partial charge in [-0.15, -0.1) is 0 Å². The number of carboxylic acids is 1. The summed E-state index contributed by atoms with van der Waals surface area (Å²) in [6.07, 6.45) is 0.503. The van der Waals surface area contributed by atoms with E-state index < -0.39 is 140 Å². The van der Waals surface area contributed by atoms with Gasteiger partial charge < -0.3 is 79.5 Å². The maximum absolute atomic E-state index is 13.3. The second-order valence-electron chi connectivity index (χ2n) is 16.6. The highest BCUT2D eigenvalue weighted by molar-refractivity contribution is 5.97. The number of carboxylic acid groups (broad SMARTS) is 1. The molecule has 10 amide bonds. The molecule has 372 valence electrons. The second-order valence-corrected chi connectivity index (χ2v) is 16.6. The molecule has 0 aromatic heterocycles. The fourth-order valence-corrected chi connectivity index (χ4v) is 7.07. The summed E-state index contributed by atoms with van der Waals surface area (Å²) in [5.74, 6) is -9.04. The van der Waals surface area contributed by atoms with Crippen molar-refractivity contribution in [3.8, 4) is 0 Å². The Hall–Kier alpha value is -5.99. The minimum Gasteiger partial charge on any atom is -0.480 e. The average Bonchev–Trinajstić information content (AvgIpc) is 3.94. The fraction of sp³-hybridized carbons (Fsp3) is 0.725. The van der Waals surface area contributed by atoms with Crippen LogP contribution in [0.25, 0.3) is 0 Å². The largest absolute Gasteiger partial charge is 0.480 e. The van der Waals surface area contributed by atoms with Gasteiger partial charge in [0.25, 0.3) is 0 Å². The molecule has 2 heterocycles. The number of nitrogens with zero attached hydrogens (tertiary/aromatic N) is 1. The maximum Gasteiger partial charge on any atom is 0.326 e. The molecule has 0 aromatic carbocycles. The topological polar surface area (TPSA) is 412 Å². The van der Waals surface area contributed by atoms with Gasteiger partial charge >= 0.3 is 5.97 Å². The quantitative estimate of drug-likeness (QED) is 0.0310. The molecular weight excluding hydrogens is 873 g/mol. The highest BCUT2D eigenvalue weighted by atomic mass is 16.4. The molecule has 16 N–H and O–H groups in total. The van der Waals surface area contributed by atoms with Crippen molar-refractivity contribution in [3.63, 3.8) is 0 Å². The van der Waals surface area contributed by atoms with Crippen molar-refractivity contribution in [1.82, 2.24) is 52.8 Å². The van der Waals surface area contributed by atoms with Crippen LogP contribution < -0.4 is 59.3 Å². The number of primary amides is 1. The first kappa shape index (κ1) is 56.1. The lowest BCUT2D eigenvalue weighted by atomic mass is 10.0. The zero-order valence-corrected chi connectivity index (χ0v) is 37.7. The van der Waals surface area contributed by atoms with Crippen LogP contribution in [0.4, 0.5) is 0 Å². The Bertz CT molecular complexity index is 1730. The molecule has 0 bridgehead atoms. The van der Waals surface area contributed by atoms with Gasteiger partial charge in [0.15, 0.2) is 0 Å². The van der Waals surface area contributed by atoms with Crippen molar-refractivity contribution < 1.29 is 68.1 Å². The van der Waals surface area contributed by atoms with Crippen LogP contribution in [0.1, 0.15) is 85.0 Å². The molecule has 2 aliphatic heterocycles. The minimum atomic E-state index is -1.45. The van der Waals surface area contributed by atoms with Gasteiger partial charge in [-0.3, -0.25) is 47.9 Å². The van der Waals surface area contributed by atoms with Crippen molar-refractivity contribution in [2.75, 3.05) is 45.9 Å². The number of aliphatic hydroxyl groups is 2. The molecule has 26 heteroatoms. The van der Waals surface area contributed by atoms with Crippen LogP contribution >= 0.6 is 0 Å². The summed E-state index contributed by atoms with van der Waals surface area (Å²) in [5, 5.41) is 50.8. The Kier molecular flexibility index (Phi) is 24.5. The molecular formula is C40H68N12O14. The van der Waals surface area contributed by atoms with Gasteiger partial charge in [-0.05, 0) is 77.2 Å². The van der Waals surface area contributed by atoms with E-state index >= 15 is 0 Å². The standard InChI is InChI=1S/C40H68N12O14/c1-21(2)15-28(38(63)47-22(3)34(59)46-20-33(58)52-13-6-8-29(52)39(64)51-26(40(65)66)7-4-5-12-41)49-32(57)19-44-35(60)25(11-14-53)50-37(62)24(9-10-30(42)55)48-31(56)18-45-36(61)27-16-23(54)17-43-27/h21-29,43,53-54H,4-20,41H2,1-3H3,(H2,42,55)(H,44,60)(H,45,61)(H,46,59)(H,47,63)(H,48,56)(H,49,57)(H,50,62)(H,51,64)(H,65,66)/t22-,23+,24-,25-,26-,27-,28-,29-/m0/s1. The third kappa shape index (κ3) is 20.0. The summed E-state index contributed by atoms with van der Waals surface area (Å²) in [7, 11) is 0. The fourth-order valence-electron chi connectivity index (χ4n) is 7.07. The number of rotatable bonds is 29. The van der Waals surface area contributed by atoms with Crippen LogP contribution in [0, 0.1) is 5.92 Å². The van der Waals surface area contributed by atoms with Gasteiger partial charge in [-0.2, -0.15) is 0 Å². The summed E-state index contributed by atoms with van der Waals surface area (Å²) < 4.78 is 0. The van der Waals surface area contributed by atoms with Crippen LogP contribution in [-0.4, -0.2) is 180 Å². The smallest absolute Gasteiger partial charge is 0.326 e. The summed E-state index contributed by atoms with van der Waals surface area (Å²) >= 11 is 0. The van der Waals surface area contributed by atoms with Crippen LogP contribution in [0.2, 0.25) is 0 Å². The molecule has 2 aliphatic rings. The minimum absolute atomic E-state index is 0.0956. The van der Waals surface area contributed by atoms with Gasteiger partial charge in [-0.1, -0.05) is 13.8 Å². The molecule has 8 atom stereocenters. The second kappa shape index (κ2) is 28.8. The van der Waals surface area contributed by atoms with E-state index in [1.54, 1.807) is 13.8 Å². The van der Waals surface area contributed by atoms with E-state index in [4.69, 9.17) is 11.5 Å². The lowest BCUT2D eigenvalue weighted by Crippen LogP contribution is -2.57. The Balaban J connectivity index is 1.95. The third-order valence-corrected chi connectivity index (χ3v) is 10.6. The predicted molar refractivity (Wildman–Crippen MR) is 232 cm³/mol. The van der Waals surface area contributed by atoms with Gasteiger partial charge in [0.1, 0.15) is 36.3 Å². The maximum atomic E-state index is 13.3. The number of amides is 10. The van der Waals surface area contributed by atoms with Crippen molar-refractivity contribution >= 4 is 65.0 Å². The Morgan fingerprint density at radius 1 is 0.712 bits per heavy atom. The van der Waals surface area contributed by atoms with Crippen LogP contribution in [0.5, 0.6) is 0 Å². The van der Waals surface area contributed by atoms with Crippen molar-refractivity contribution in [1.29, 1.82) is 0 Å². The van der Waals surface area contributed by atoms with E-state index in [0.29, 0.717) is 25.8 Å². The van der Waals surface area contributed by atoms with Gasteiger partial charge in [-0.25, -0.2) is 4.79 Å². The van der Waals surface area contributed by atoms with Gasteiger partial charge in [0.05, 0.1) is 31.8 Å². The van der Waals surface area contributed by atoms with Crippen molar-refractivity contribution in [2.45, 2.75) is 133 Å². The van der Waals surface area contributed by atoms with Crippen LogP contribution in [0.3, 0.4) is 0 Å². The lowest BCUT2D eigenvalue weighted by molar-refractivity contribution is -0.144. The number of aliphatic carboxylic acids is 1. The van der Waals surface area contributed by atoms with Gasteiger partial charge in [0, 0.05) is 26.1 Å². The first-order chi connectivity index (χ1) is 31.2. The number of hydrogen-bond donors (Lipinski definition) is 14. The number of nitrogens with one attached hydrogen (secondary N) is 9. The molecule has 0 aromatic rings. The van der Waals surface area contributed by atoms with Crippen LogP contribution in [0.15, 0.2) is 0 Å². The number of unbranched alkanes of at least 4 members (excludes halogenated alkanes) is 1.